The maximum atomic E-state index is 13.7. The fraction of sp³-hybridized carbons (Fsp3) is 0.319. The van der Waals surface area contributed by atoms with Crippen molar-refractivity contribution < 1.29 is 19.1 Å². The van der Waals surface area contributed by atoms with E-state index in [-0.39, 0.29) is 36.0 Å². The van der Waals surface area contributed by atoms with Crippen molar-refractivity contribution >= 4 is 56.2 Å². The fourth-order valence-corrected chi connectivity index (χ4v) is 9.14. The minimum absolute atomic E-state index is 0.00339. The van der Waals surface area contributed by atoms with Gasteiger partial charge in [-0.2, -0.15) is 0 Å². The second-order valence-corrected chi connectivity index (χ2v) is 16.3. The lowest BCUT2D eigenvalue weighted by Gasteiger charge is -2.32. The highest BCUT2D eigenvalue weighted by molar-refractivity contribution is 6.05. The highest BCUT2D eigenvalue weighted by Gasteiger charge is 2.39. The van der Waals surface area contributed by atoms with Crippen molar-refractivity contribution in [3.63, 3.8) is 0 Å². The van der Waals surface area contributed by atoms with Crippen molar-refractivity contribution in [1.29, 1.82) is 0 Å². The summed E-state index contributed by atoms with van der Waals surface area (Å²) in [4.78, 5) is 51.6. The van der Waals surface area contributed by atoms with Gasteiger partial charge in [0.15, 0.2) is 0 Å². The lowest BCUT2D eigenvalue weighted by Crippen LogP contribution is -2.53. The average molecular weight is 791 g/mol. The van der Waals surface area contributed by atoms with Crippen LogP contribution < -0.4 is 21.7 Å². The van der Waals surface area contributed by atoms with Gasteiger partial charge in [-0.1, -0.05) is 86.6 Å². The lowest BCUT2D eigenvalue weighted by atomic mass is 9.97. The molecular formula is C47H50N8O4. The SMILES string of the molecule is COC(=O)N[C@H](C(=O)N1CCC[C@H]1c1nc2c(ccc3cc(-c4ccc5cc(C6=CNC([C@@H]7CCCN7C(=O)[C@H](N)c7ccccc7)N6)ccc5c4)ccc32)[nH]1)C(C)C. The summed E-state index contributed by atoms with van der Waals surface area (Å²) in [7, 11) is 1.30. The summed E-state index contributed by atoms with van der Waals surface area (Å²) in [5.41, 5.74) is 13.4. The van der Waals surface area contributed by atoms with E-state index in [0.717, 1.165) is 92.0 Å². The number of benzene rings is 5. The number of ether oxygens (including phenoxy) is 1. The largest absolute Gasteiger partial charge is 0.453 e. The van der Waals surface area contributed by atoms with Gasteiger partial charge in [0, 0.05) is 24.7 Å². The molecule has 0 bridgehead atoms. The number of hydrogen-bond acceptors (Lipinski definition) is 8. The van der Waals surface area contributed by atoms with Gasteiger partial charge in [-0.15, -0.1) is 0 Å². The van der Waals surface area contributed by atoms with E-state index in [4.69, 9.17) is 15.5 Å². The number of carbonyl (C=O) groups is 3. The summed E-state index contributed by atoms with van der Waals surface area (Å²) in [6, 6.07) is 31.7. The second kappa shape index (κ2) is 15.7. The number of methoxy groups -OCH3 is 1. The molecule has 4 heterocycles. The number of carbonyl (C=O) groups excluding carboxylic acids is 3. The summed E-state index contributed by atoms with van der Waals surface area (Å²) in [5.74, 6) is 0.486. The van der Waals surface area contributed by atoms with Crippen LogP contribution in [0.25, 0.3) is 49.4 Å². The minimum atomic E-state index is -0.686. The number of aromatic amines is 1. The van der Waals surface area contributed by atoms with Crippen LogP contribution in [0, 0.1) is 5.92 Å². The van der Waals surface area contributed by atoms with Crippen molar-refractivity contribution in [1.82, 2.24) is 35.7 Å². The van der Waals surface area contributed by atoms with Crippen LogP contribution in [-0.2, 0) is 14.3 Å². The van der Waals surface area contributed by atoms with E-state index in [1.807, 2.05) is 60.2 Å². The Hall–Kier alpha value is -6.40. The molecule has 2 fully saturated rings. The molecule has 0 saturated carbocycles. The van der Waals surface area contributed by atoms with E-state index in [0.29, 0.717) is 13.1 Å². The number of alkyl carbamates (subject to hydrolysis) is 1. The molecule has 12 heteroatoms. The average Bonchev–Trinajstić information content (AvgIpc) is 4.11. The normalized spacial score (nSPS) is 20.2. The van der Waals surface area contributed by atoms with Gasteiger partial charge in [-0.25, -0.2) is 9.78 Å². The number of aromatic nitrogens is 2. The summed E-state index contributed by atoms with van der Waals surface area (Å²) >= 11 is 0. The molecule has 1 unspecified atom stereocenters. The Balaban J connectivity index is 0.900. The molecule has 302 valence electrons. The third-order valence-corrected chi connectivity index (χ3v) is 12.3. The van der Waals surface area contributed by atoms with E-state index in [1.165, 1.54) is 7.11 Å². The van der Waals surface area contributed by atoms with E-state index in [2.05, 4.69) is 87.7 Å². The first-order valence-corrected chi connectivity index (χ1v) is 20.6. The number of likely N-dealkylation sites (tertiary alicyclic amines) is 2. The quantitative estimate of drug-likeness (QED) is 0.104. The number of nitrogens with zero attached hydrogens (tertiary/aromatic N) is 3. The van der Waals surface area contributed by atoms with Crippen LogP contribution in [0.1, 0.15) is 68.6 Å². The fourth-order valence-electron chi connectivity index (χ4n) is 9.14. The predicted octanol–water partition coefficient (Wildman–Crippen LogP) is 7.09. The Kier molecular flexibility index (Phi) is 10.2. The highest BCUT2D eigenvalue weighted by atomic mass is 16.5. The Morgan fingerprint density at radius 2 is 1.49 bits per heavy atom. The molecular weight excluding hydrogens is 741 g/mol. The Bertz CT molecular complexity index is 2600. The van der Waals surface area contributed by atoms with Gasteiger partial charge in [-0.3, -0.25) is 9.59 Å². The number of hydrogen-bond donors (Lipinski definition) is 5. The van der Waals surface area contributed by atoms with Gasteiger partial charge in [-0.05, 0) is 94.3 Å². The van der Waals surface area contributed by atoms with E-state index < -0.39 is 18.2 Å². The molecule has 12 nitrogen and oxygen atoms in total. The Labute approximate surface area is 343 Å². The van der Waals surface area contributed by atoms with E-state index in [1.54, 1.807) is 0 Å². The third kappa shape index (κ3) is 7.22. The summed E-state index contributed by atoms with van der Waals surface area (Å²) < 4.78 is 4.79. The van der Waals surface area contributed by atoms with Crippen molar-refractivity contribution in [2.75, 3.05) is 20.2 Å². The number of fused-ring (bicyclic) bond motifs is 4. The third-order valence-electron chi connectivity index (χ3n) is 12.3. The molecule has 59 heavy (non-hydrogen) atoms. The van der Waals surface area contributed by atoms with Gasteiger partial charge in [0.25, 0.3) is 0 Å². The summed E-state index contributed by atoms with van der Waals surface area (Å²) in [6.07, 6.45) is 4.80. The molecule has 3 aliphatic rings. The topological polar surface area (TPSA) is 158 Å². The van der Waals surface area contributed by atoms with Crippen LogP contribution in [-0.4, -0.2) is 76.1 Å². The molecule has 0 radical (unpaired) electrons. The molecule has 2 saturated heterocycles. The van der Waals surface area contributed by atoms with Crippen LogP contribution >= 0.6 is 0 Å². The number of H-pyrrole nitrogens is 1. The molecule has 6 aromatic rings. The van der Waals surface area contributed by atoms with Crippen molar-refractivity contribution in [3.05, 3.63) is 120 Å². The molecule has 6 N–H and O–H groups in total. The van der Waals surface area contributed by atoms with Gasteiger partial charge in [0.1, 0.15) is 24.1 Å². The molecule has 0 spiro atoms. The molecule has 1 aromatic heterocycles. The Morgan fingerprint density at radius 1 is 0.814 bits per heavy atom. The molecule has 0 aliphatic carbocycles. The van der Waals surface area contributed by atoms with Crippen LogP contribution in [0.4, 0.5) is 4.79 Å². The lowest BCUT2D eigenvalue weighted by molar-refractivity contribution is -0.135. The summed E-state index contributed by atoms with van der Waals surface area (Å²) in [6.45, 7) is 5.13. The van der Waals surface area contributed by atoms with Crippen molar-refractivity contribution in [3.8, 4) is 11.1 Å². The van der Waals surface area contributed by atoms with Gasteiger partial charge >= 0.3 is 6.09 Å². The maximum absolute atomic E-state index is 13.7. The monoisotopic (exact) mass is 790 g/mol. The zero-order chi connectivity index (χ0) is 40.8. The van der Waals surface area contributed by atoms with Gasteiger partial charge < -0.3 is 41.2 Å². The second-order valence-electron chi connectivity index (χ2n) is 16.3. The number of nitrogens with two attached hydrogens (primary N) is 1. The van der Waals surface area contributed by atoms with Crippen LogP contribution in [0.3, 0.4) is 0 Å². The zero-order valence-corrected chi connectivity index (χ0v) is 33.6. The summed E-state index contributed by atoms with van der Waals surface area (Å²) in [5, 5.41) is 14.3. The van der Waals surface area contributed by atoms with Crippen molar-refractivity contribution in [2.45, 2.75) is 69.9 Å². The standard InChI is InChI=1S/C47H50N8O4/c1-27(2)41(53-47(58)59-3)46(57)55-22-8-12-39(55)44-50-36-20-18-33-24-32(17-19-35(33)42(36)52-44)29-13-14-31-25-34(16-15-30(31)23-29)37-26-49-43(51-37)38-11-7-21-54(38)45(56)40(48)28-9-5-4-6-10-28/h4-6,9-10,13-20,23-27,38-41,43,49,51H,7-8,11-12,21-22,48H2,1-3H3,(H,50,52)(H,53,58)/t38-,39-,40+,41-,43?/m0/s1. The van der Waals surface area contributed by atoms with Crippen LogP contribution in [0.2, 0.25) is 0 Å². The molecule has 5 aromatic carbocycles. The Morgan fingerprint density at radius 3 is 2.25 bits per heavy atom. The molecule has 3 aliphatic heterocycles. The van der Waals surface area contributed by atoms with Crippen LogP contribution in [0.5, 0.6) is 0 Å². The van der Waals surface area contributed by atoms with Gasteiger partial charge in [0.05, 0.1) is 35.9 Å². The molecule has 9 rings (SSSR count). The zero-order valence-electron chi connectivity index (χ0n) is 33.6. The predicted molar refractivity (Wildman–Crippen MR) is 231 cm³/mol. The number of nitrogens with one attached hydrogen (secondary N) is 4. The number of imidazole rings is 1. The molecule has 3 amide bonds. The first kappa shape index (κ1) is 38.1. The van der Waals surface area contributed by atoms with E-state index in [9.17, 15) is 14.4 Å². The maximum Gasteiger partial charge on any atom is 0.407 e. The molecule has 5 atom stereocenters. The number of rotatable bonds is 9. The van der Waals surface area contributed by atoms with Crippen LogP contribution in [0.15, 0.2) is 103 Å². The number of amides is 3. The van der Waals surface area contributed by atoms with Gasteiger partial charge in [0.2, 0.25) is 11.8 Å². The van der Waals surface area contributed by atoms with E-state index >= 15 is 0 Å². The highest BCUT2D eigenvalue weighted by Crippen LogP contribution is 2.36. The minimum Gasteiger partial charge on any atom is -0.453 e. The van der Waals surface area contributed by atoms with Crippen molar-refractivity contribution in [2.24, 2.45) is 11.7 Å². The first-order valence-electron chi connectivity index (χ1n) is 20.6. The smallest absolute Gasteiger partial charge is 0.407 e. The first-order chi connectivity index (χ1) is 28.7.